The molecule has 1 aliphatic rings. The first-order valence-electron chi connectivity index (χ1n) is 4.94. The first kappa shape index (κ1) is 12.0. The molecule has 0 aromatic heterocycles. The van der Waals surface area contributed by atoms with Gasteiger partial charge in [-0.05, 0) is 35.8 Å². The highest BCUT2D eigenvalue weighted by Gasteiger charge is 2.12. The Morgan fingerprint density at radius 2 is 2.19 bits per heavy atom. The van der Waals surface area contributed by atoms with Crippen molar-refractivity contribution >= 4 is 5.71 Å². The zero-order chi connectivity index (χ0) is 12.1. The summed E-state index contributed by atoms with van der Waals surface area (Å²) in [5, 5.41) is 0. The lowest BCUT2D eigenvalue weighted by Crippen LogP contribution is -2.00. The third-order valence-corrected chi connectivity index (χ3v) is 2.33. The molecule has 0 saturated carbocycles. The molecule has 0 N–H and O–H groups in total. The van der Waals surface area contributed by atoms with Crippen molar-refractivity contribution in [2.24, 2.45) is 4.99 Å². The minimum absolute atomic E-state index is 0.816. The Bertz CT molecular complexity index is 490. The second-order valence-electron chi connectivity index (χ2n) is 3.42. The van der Waals surface area contributed by atoms with Crippen molar-refractivity contribution in [1.29, 1.82) is 0 Å². The number of hydrogen-bond acceptors (Lipinski definition) is 1. The van der Waals surface area contributed by atoms with Crippen LogP contribution in [0, 0.1) is 0 Å². The summed E-state index contributed by atoms with van der Waals surface area (Å²) in [7, 11) is 0. The largest absolute Gasteiger partial charge is 0.261 e. The van der Waals surface area contributed by atoms with Gasteiger partial charge in [0.1, 0.15) is 0 Å². The van der Waals surface area contributed by atoms with Gasteiger partial charge >= 0.3 is 0 Å². The Labute approximate surface area is 96.9 Å². The zero-order valence-corrected chi connectivity index (χ0v) is 9.59. The van der Waals surface area contributed by atoms with E-state index in [9.17, 15) is 0 Å². The maximum absolute atomic E-state index is 4.27. The molecule has 0 amide bonds. The number of nitrogens with zero attached hydrogens (tertiary/aromatic N) is 1. The van der Waals surface area contributed by atoms with Crippen molar-refractivity contribution < 1.29 is 0 Å². The van der Waals surface area contributed by atoms with Crippen molar-refractivity contribution in [2.45, 2.75) is 6.92 Å². The zero-order valence-electron chi connectivity index (χ0n) is 9.59. The van der Waals surface area contributed by atoms with Crippen LogP contribution in [0.3, 0.4) is 0 Å². The quantitative estimate of drug-likeness (QED) is 0.493. The summed E-state index contributed by atoms with van der Waals surface area (Å²) in [5.41, 5.74) is 7.20. The molecule has 0 spiro atoms. The maximum Gasteiger partial charge on any atom is 0.0451 e. The predicted molar refractivity (Wildman–Crippen MR) is 71.5 cm³/mol. The second-order valence-corrected chi connectivity index (χ2v) is 3.42. The van der Waals surface area contributed by atoms with Crippen LogP contribution in [0.15, 0.2) is 83.8 Å². The van der Waals surface area contributed by atoms with E-state index in [0.717, 1.165) is 28.0 Å². The Balaban J connectivity index is 3.46. The fraction of sp³-hybridized carbons (Fsp3) is 0.0667. The van der Waals surface area contributed by atoms with E-state index in [2.05, 4.69) is 37.0 Å². The monoisotopic (exact) mass is 209 g/mol. The summed E-state index contributed by atoms with van der Waals surface area (Å²) in [4.78, 5) is 4.27. The van der Waals surface area contributed by atoms with Gasteiger partial charge in [0.25, 0.3) is 0 Å². The average molecular weight is 209 g/mol. The molecule has 0 bridgehead atoms. The third-order valence-electron chi connectivity index (χ3n) is 2.33. The molecule has 1 heteroatoms. The highest BCUT2D eigenvalue weighted by Crippen LogP contribution is 2.26. The van der Waals surface area contributed by atoms with E-state index in [1.54, 1.807) is 18.4 Å². The van der Waals surface area contributed by atoms with Gasteiger partial charge in [0.15, 0.2) is 0 Å². The molecule has 0 aromatic carbocycles. The van der Waals surface area contributed by atoms with E-state index in [4.69, 9.17) is 0 Å². The molecule has 0 saturated heterocycles. The smallest absolute Gasteiger partial charge is 0.0451 e. The SMILES string of the molecule is C=C=CC(=C)C1=C(C=C)C(C)=NC=CC1=C. The van der Waals surface area contributed by atoms with Crippen LogP contribution in [0.1, 0.15) is 6.92 Å². The van der Waals surface area contributed by atoms with E-state index in [0.29, 0.717) is 0 Å². The van der Waals surface area contributed by atoms with Crippen LogP contribution in [-0.2, 0) is 0 Å². The number of hydrogen-bond donors (Lipinski definition) is 0. The molecular weight excluding hydrogens is 194 g/mol. The van der Waals surface area contributed by atoms with Crippen molar-refractivity contribution in [1.82, 2.24) is 0 Å². The third kappa shape index (κ3) is 2.28. The summed E-state index contributed by atoms with van der Waals surface area (Å²) < 4.78 is 0. The van der Waals surface area contributed by atoms with Gasteiger partial charge in [0.2, 0.25) is 0 Å². The lowest BCUT2D eigenvalue weighted by Gasteiger charge is -2.11. The van der Waals surface area contributed by atoms with Gasteiger partial charge in [-0.3, -0.25) is 4.99 Å². The highest BCUT2D eigenvalue weighted by atomic mass is 14.7. The van der Waals surface area contributed by atoms with Crippen LogP contribution >= 0.6 is 0 Å². The molecule has 0 atom stereocenters. The Morgan fingerprint density at radius 3 is 2.75 bits per heavy atom. The minimum Gasteiger partial charge on any atom is -0.261 e. The van der Waals surface area contributed by atoms with Crippen LogP contribution < -0.4 is 0 Å². The Morgan fingerprint density at radius 1 is 1.50 bits per heavy atom. The number of aliphatic imine (C=N–C) groups is 1. The van der Waals surface area contributed by atoms with Gasteiger partial charge < -0.3 is 0 Å². The van der Waals surface area contributed by atoms with E-state index in [-0.39, 0.29) is 0 Å². The van der Waals surface area contributed by atoms with Crippen LogP contribution in [0.5, 0.6) is 0 Å². The van der Waals surface area contributed by atoms with Crippen LogP contribution in [0.4, 0.5) is 0 Å². The van der Waals surface area contributed by atoms with Crippen molar-refractivity contribution in [2.75, 3.05) is 0 Å². The molecule has 0 fully saturated rings. The van der Waals surface area contributed by atoms with Crippen molar-refractivity contribution in [3.63, 3.8) is 0 Å². The number of allylic oxidation sites excluding steroid dienone is 7. The predicted octanol–water partition coefficient (Wildman–Crippen LogP) is 3.91. The molecule has 80 valence electrons. The molecule has 0 unspecified atom stereocenters. The van der Waals surface area contributed by atoms with Gasteiger partial charge in [0.05, 0.1) is 0 Å². The summed E-state index contributed by atoms with van der Waals surface area (Å²) >= 11 is 0. The minimum atomic E-state index is 0.816. The number of rotatable bonds is 3. The van der Waals surface area contributed by atoms with Crippen molar-refractivity contribution in [3.8, 4) is 0 Å². The second kappa shape index (κ2) is 5.11. The topological polar surface area (TPSA) is 12.4 Å². The average Bonchev–Trinajstić information content (AvgIpc) is 2.38. The lowest BCUT2D eigenvalue weighted by molar-refractivity contribution is 1.46. The normalized spacial score (nSPS) is 15.1. The molecule has 0 aromatic rings. The first-order chi connectivity index (χ1) is 7.61. The van der Waals surface area contributed by atoms with Crippen LogP contribution in [0.25, 0.3) is 0 Å². The molecule has 0 aliphatic carbocycles. The van der Waals surface area contributed by atoms with Crippen LogP contribution in [0.2, 0.25) is 0 Å². The summed E-state index contributed by atoms with van der Waals surface area (Å²) in [6.07, 6.45) is 7.10. The Kier molecular flexibility index (Phi) is 3.82. The summed E-state index contributed by atoms with van der Waals surface area (Å²) in [6.45, 7) is 17.3. The highest BCUT2D eigenvalue weighted by molar-refractivity contribution is 6.03. The van der Waals surface area contributed by atoms with Crippen molar-refractivity contribution in [3.05, 3.63) is 78.8 Å². The maximum atomic E-state index is 4.27. The Hall–Kier alpha value is -2.11. The van der Waals surface area contributed by atoms with Gasteiger partial charge in [-0.15, -0.1) is 5.73 Å². The van der Waals surface area contributed by atoms with E-state index in [1.165, 1.54) is 0 Å². The van der Waals surface area contributed by atoms with Crippen LogP contribution in [-0.4, -0.2) is 5.71 Å². The van der Waals surface area contributed by atoms with Gasteiger partial charge in [-0.2, -0.15) is 0 Å². The van der Waals surface area contributed by atoms with Gasteiger partial charge in [-0.25, -0.2) is 0 Å². The molecule has 1 rings (SSSR count). The lowest BCUT2D eigenvalue weighted by atomic mass is 9.92. The van der Waals surface area contributed by atoms with E-state index in [1.807, 2.05) is 13.0 Å². The molecule has 16 heavy (non-hydrogen) atoms. The molecular formula is C15H15N. The molecule has 1 heterocycles. The van der Waals surface area contributed by atoms with E-state index < -0.39 is 0 Å². The van der Waals surface area contributed by atoms with Gasteiger partial charge in [-0.1, -0.05) is 32.4 Å². The molecule has 1 nitrogen and oxygen atoms in total. The molecule has 1 aliphatic heterocycles. The fourth-order valence-electron chi connectivity index (χ4n) is 1.57. The summed E-state index contributed by atoms with van der Waals surface area (Å²) in [5.74, 6) is 0. The summed E-state index contributed by atoms with van der Waals surface area (Å²) in [6, 6.07) is 0. The molecule has 0 radical (unpaired) electrons. The first-order valence-corrected chi connectivity index (χ1v) is 4.94. The van der Waals surface area contributed by atoms with E-state index >= 15 is 0 Å². The fourth-order valence-corrected chi connectivity index (χ4v) is 1.57. The standard InChI is InChI=1S/C15H15N/c1-6-8-11(3)15-12(4)9-10-16-13(5)14(15)7-2/h7-10H,1-4H2,5H3. The van der Waals surface area contributed by atoms with Gasteiger partial charge in [0, 0.05) is 17.5 Å².